The van der Waals surface area contributed by atoms with Crippen molar-refractivity contribution < 1.29 is 9.90 Å². The third kappa shape index (κ3) is 3.52. The van der Waals surface area contributed by atoms with Crippen molar-refractivity contribution in [2.24, 2.45) is 5.10 Å². The summed E-state index contributed by atoms with van der Waals surface area (Å²) in [4.78, 5) is 12.0. The predicted octanol–water partition coefficient (Wildman–Crippen LogP) is 3.47. The lowest BCUT2D eigenvalue weighted by atomic mass is 9.98. The molecule has 0 saturated carbocycles. The van der Waals surface area contributed by atoms with Gasteiger partial charge in [0.15, 0.2) is 0 Å². The molecule has 0 spiro atoms. The number of aromatic hydroxyl groups is 1. The molecule has 0 radical (unpaired) electrons. The van der Waals surface area contributed by atoms with Crippen LogP contribution in [0.4, 0.5) is 0 Å². The Morgan fingerprint density at radius 3 is 2.41 bits per heavy atom. The molecule has 4 nitrogen and oxygen atoms in total. The largest absolute Gasteiger partial charge is 0.508 e. The average Bonchev–Trinajstić information content (AvgIpc) is 2.48. The zero-order chi connectivity index (χ0) is 16.3. The minimum absolute atomic E-state index is 0.0540. The minimum atomic E-state index is -0.350. The van der Waals surface area contributed by atoms with Gasteiger partial charge in [0.2, 0.25) is 0 Å². The third-order valence-electron chi connectivity index (χ3n) is 3.66. The van der Waals surface area contributed by atoms with E-state index in [1.807, 2.05) is 13.8 Å². The monoisotopic (exact) mass is 296 g/mol. The van der Waals surface area contributed by atoms with Gasteiger partial charge in [-0.2, -0.15) is 5.10 Å². The first-order valence-electron chi connectivity index (χ1n) is 7.10. The van der Waals surface area contributed by atoms with Crippen molar-refractivity contribution in [2.45, 2.75) is 27.7 Å². The summed E-state index contributed by atoms with van der Waals surface area (Å²) in [6.45, 7) is 8.01. The molecule has 0 aliphatic rings. The molecule has 2 aromatic carbocycles. The number of aryl methyl sites for hydroxylation is 3. The van der Waals surface area contributed by atoms with E-state index in [-0.39, 0.29) is 11.7 Å². The fraction of sp³-hybridized carbons (Fsp3) is 0.222. The minimum Gasteiger partial charge on any atom is -0.508 e. The Balaban J connectivity index is 2.20. The van der Waals surface area contributed by atoms with Crippen LogP contribution in [0.3, 0.4) is 0 Å². The second-order valence-corrected chi connectivity index (χ2v) is 5.44. The maximum atomic E-state index is 12.0. The van der Waals surface area contributed by atoms with Gasteiger partial charge in [0, 0.05) is 11.1 Å². The Bertz CT molecular complexity index is 749. The Morgan fingerprint density at radius 2 is 1.73 bits per heavy atom. The van der Waals surface area contributed by atoms with Crippen LogP contribution in [0, 0.1) is 20.8 Å². The van der Waals surface area contributed by atoms with E-state index in [9.17, 15) is 9.90 Å². The SMILES string of the molecule is C/C(=N/NC(=O)c1cccc(O)c1)c1cc(C)c(C)cc1C. The van der Waals surface area contributed by atoms with E-state index >= 15 is 0 Å². The van der Waals surface area contributed by atoms with Crippen LogP contribution in [0.2, 0.25) is 0 Å². The lowest BCUT2D eigenvalue weighted by molar-refractivity contribution is 0.0954. The molecule has 4 heteroatoms. The number of nitrogens with zero attached hydrogens (tertiary/aromatic N) is 1. The number of nitrogens with one attached hydrogen (secondary N) is 1. The summed E-state index contributed by atoms with van der Waals surface area (Å²) < 4.78 is 0. The van der Waals surface area contributed by atoms with Gasteiger partial charge >= 0.3 is 0 Å². The molecule has 0 bridgehead atoms. The molecule has 2 rings (SSSR count). The third-order valence-corrected chi connectivity index (χ3v) is 3.66. The number of phenolic OH excluding ortho intramolecular Hbond substituents is 1. The number of amides is 1. The van der Waals surface area contributed by atoms with Gasteiger partial charge in [-0.1, -0.05) is 12.1 Å². The quantitative estimate of drug-likeness (QED) is 0.673. The number of hydrazone groups is 1. The van der Waals surface area contributed by atoms with E-state index < -0.39 is 0 Å². The fourth-order valence-corrected chi connectivity index (χ4v) is 2.26. The zero-order valence-electron chi connectivity index (χ0n) is 13.3. The number of hydrogen-bond donors (Lipinski definition) is 2. The lowest BCUT2D eigenvalue weighted by Crippen LogP contribution is -2.19. The number of hydrogen-bond acceptors (Lipinski definition) is 3. The van der Waals surface area contributed by atoms with Crippen molar-refractivity contribution >= 4 is 11.6 Å². The molecule has 2 N–H and O–H groups in total. The summed E-state index contributed by atoms with van der Waals surface area (Å²) in [6.07, 6.45) is 0. The normalized spacial score (nSPS) is 11.4. The molecule has 0 fully saturated rings. The highest BCUT2D eigenvalue weighted by Gasteiger charge is 2.08. The van der Waals surface area contributed by atoms with Crippen molar-refractivity contribution in [3.05, 3.63) is 64.2 Å². The summed E-state index contributed by atoms with van der Waals surface area (Å²) in [5.74, 6) is -0.296. The molecule has 22 heavy (non-hydrogen) atoms. The van der Waals surface area contributed by atoms with E-state index in [1.54, 1.807) is 12.1 Å². The fourth-order valence-electron chi connectivity index (χ4n) is 2.26. The topological polar surface area (TPSA) is 61.7 Å². The zero-order valence-corrected chi connectivity index (χ0v) is 13.3. The van der Waals surface area contributed by atoms with Gasteiger partial charge < -0.3 is 5.11 Å². The predicted molar refractivity (Wildman–Crippen MR) is 88.4 cm³/mol. The van der Waals surface area contributed by atoms with Crippen molar-refractivity contribution in [1.82, 2.24) is 5.43 Å². The number of carbonyl (C=O) groups is 1. The highest BCUT2D eigenvalue weighted by Crippen LogP contribution is 2.16. The van der Waals surface area contributed by atoms with E-state index in [1.165, 1.54) is 23.3 Å². The first-order chi connectivity index (χ1) is 10.4. The van der Waals surface area contributed by atoms with Crippen molar-refractivity contribution in [2.75, 3.05) is 0 Å². The Kier molecular flexibility index (Phi) is 4.61. The molecule has 0 unspecified atom stereocenters. The van der Waals surface area contributed by atoms with Gasteiger partial charge in [-0.3, -0.25) is 4.79 Å². The molecule has 114 valence electrons. The molecule has 1 amide bonds. The smallest absolute Gasteiger partial charge is 0.271 e. The molecule has 0 atom stereocenters. The van der Waals surface area contributed by atoms with Crippen LogP contribution in [0.15, 0.2) is 41.5 Å². The highest BCUT2D eigenvalue weighted by atomic mass is 16.3. The van der Waals surface area contributed by atoms with E-state index in [0.29, 0.717) is 5.56 Å². The van der Waals surface area contributed by atoms with E-state index in [2.05, 4.69) is 36.5 Å². The van der Waals surface area contributed by atoms with Crippen LogP contribution < -0.4 is 5.43 Å². The average molecular weight is 296 g/mol. The summed E-state index contributed by atoms with van der Waals surface area (Å²) in [5.41, 5.74) is 8.19. The van der Waals surface area contributed by atoms with E-state index in [4.69, 9.17) is 0 Å². The van der Waals surface area contributed by atoms with Crippen LogP contribution in [-0.4, -0.2) is 16.7 Å². The van der Waals surface area contributed by atoms with Crippen LogP contribution in [0.1, 0.15) is 39.5 Å². The molecule has 0 saturated heterocycles. The van der Waals surface area contributed by atoms with Gasteiger partial charge in [0.05, 0.1) is 5.71 Å². The second kappa shape index (κ2) is 6.43. The Labute approximate surface area is 130 Å². The summed E-state index contributed by atoms with van der Waals surface area (Å²) in [6, 6.07) is 10.4. The second-order valence-electron chi connectivity index (χ2n) is 5.44. The van der Waals surface area contributed by atoms with Gasteiger partial charge in [0.1, 0.15) is 5.75 Å². The molecule has 2 aromatic rings. The Hall–Kier alpha value is -2.62. The van der Waals surface area contributed by atoms with Crippen molar-refractivity contribution in [1.29, 1.82) is 0 Å². The standard InChI is InChI=1S/C18H20N2O2/c1-11-8-13(3)17(9-12(11)2)14(4)19-20-18(22)15-6-5-7-16(21)10-15/h5-10,21H,1-4H3,(H,20,22)/b19-14-. The molecular weight excluding hydrogens is 276 g/mol. The summed E-state index contributed by atoms with van der Waals surface area (Å²) in [7, 11) is 0. The summed E-state index contributed by atoms with van der Waals surface area (Å²) >= 11 is 0. The van der Waals surface area contributed by atoms with Gasteiger partial charge in [-0.15, -0.1) is 0 Å². The molecule has 0 aliphatic heterocycles. The first kappa shape index (κ1) is 15.8. The highest BCUT2D eigenvalue weighted by molar-refractivity contribution is 6.02. The van der Waals surface area contributed by atoms with Crippen molar-refractivity contribution in [3.8, 4) is 5.75 Å². The van der Waals surface area contributed by atoms with Gasteiger partial charge in [-0.25, -0.2) is 5.43 Å². The number of carbonyl (C=O) groups excluding carboxylic acids is 1. The molecule has 0 aromatic heterocycles. The van der Waals surface area contributed by atoms with E-state index in [0.717, 1.165) is 16.8 Å². The Morgan fingerprint density at radius 1 is 1.05 bits per heavy atom. The number of phenols is 1. The summed E-state index contributed by atoms with van der Waals surface area (Å²) in [5, 5.41) is 13.6. The van der Waals surface area contributed by atoms with Crippen LogP contribution in [0.5, 0.6) is 5.75 Å². The van der Waals surface area contributed by atoms with Crippen LogP contribution >= 0.6 is 0 Å². The molecular formula is C18H20N2O2. The van der Waals surface area contributed by atoms with Gasteiger partial charge in [0.25, 0.3) is 5.91 Å². The maximum absolute atomic E-state index is 12.0. The van der Waals surface area contributed by atoms with Crippen LogP contribution in [0.25, 0.3) is 0 Å². The lowest BCUT2D eigenvalue weighted by Gasteiger charge is -2.10. The number of rotatable bonds is 3. The number of benzene rings is 2. The maximum Gasteiger partial charge on any atom is 0.271 e. The van der Waals surface area contributed by atoms with Gasteiger partial charge in [-0.05, 0) is 68.7 Å². The molecule has 0 aliphatic carbocycles. The van der Waals surface area contributed by atoms with Crippen LogP contribution in [-0.2, 0) is 0 Å². The molecule has 0 heterocycles. The first-order valence-corrected chi connectivity index (χ1v) is 7.10. The van der Waals surface area contributed by atoms with Crippen molar-refractivity contribution in [3.63, 3.8) is 0 Å².